The normalized spacial score (nSPS) is 11.3. The summed E-state index contributed by atoms with van der Waals surface area (Å²) in [6.45, 7) is 0. The van der Waals surface area contributed by atoms with Crippen LogP contribution in [0.1, 0.15) is 11.1 Å². The van der Waals surface area contributed by atoms with Crippen LogP contribution in [0.3, 0.4) is 0 Å². The third kappa shape index (κ3) is 4.25. The molecule has 0 amide bonds. The molecule has 2 rings (SSSR count). The molecule has 0 unspecified atom stereocenters. The topological polar surface area (TPSA) is 50.5 Å². The van der Waals surface area contributed by atoms with E-state index in [1.165, 1.54) is 0 Å². The van der Waals surface area contributed by atoms with Crippen molar-refractivity contribution in [1.82, 2.24) is 9.97 Å². The van der Waals surface area contributed by atoms with Crippen LogP contribution in [0.4, 0.5) is 0 Å². The summed E-state index contributed by atoms with van der Waals surface area (Å²) >= 11 is 0. The average molecular weight is 238 g/mol. The molecule has 2 aromatic rings. The van der Waals surface area contributed by atoms with Gasteiger partial charge in [-0.3, -0.25) is 9.97 Å². The number of hydrogen-bond donors (Lipinski definition) is 0. The second kappa shape index (κ2) is 7.06. The summed E-state index contributed by atoms with van der Waals surface area (Å²) in [7, 11) is 0. The van der Waals surface area contributed by atoms with Crippen LogP contribution in [0.5, 0.6) is 0 Å². The largest absolute Gasteiger partial charge is 0.264 e. The van der Waals surface area contributed by atoms with Crippen molar-refractivity contribution in [3.05, 3.63) is 60.2 Å². The minimum absolute atomic E-state index is 0.748. The Balaban J connectivity index is 1.75. The molecule has 0 atom stereocenters. The van der Waals surface area contributed by atoms with E-state index in [2.05, 4.69) is 20.2 Å². The molecule has 4 heteroatoms. The Morgan fingerprint density at radius 2 is 1.33 bits per heavy atom. The van der Waals surface area contributed by atoms with Gasteiger partial charge in [-0.05, 0) is 23.3 Å². The predicted molar refractivity (Wildman–Crippen MR) is 72.9 cm³/mol. The third-order valence-electron chi connectivity index (χ3n) is 2.33. The summed E-state index contributed by atoms with van der Waals surface area (Å²) in [6, 6.07) is 7.85. The standard InChI is InChI=1S/C14H14N4/c1-3-13(11-15-7-1)5-9-17-18-10-6-14-4-2-8-16-12-14/h1-4,7-12H,5-6H2/b17-9-,18-10-. The Labute approximate surface area is 106 Å². The zero-order valence-corrected chi connectivity index (χ0v) is 9.98. The summed E-state index contributed by atoms with van der Waals surface area (Å²) in [4.78, 5) is 8.06. The molecule has 0 spiro atoms. The lowest BCUT2D eigenvalue weighted by molar-refractivity contribution is 1.17. The summed E-state index contributed by atoms with van der Waals surface area (Å²) in [5.41, 5.74) is 2.26. The molecule has 2 heterocycles. The molecular weight excluding hydrogens is 224 g/mol. The lowest BCUT2D eigenvalue weighted by Crippen LogP contribution is -1.87. The van der Waals surface area contributed by atoms with Crippen molar-refractivity contribution in [1.29, 1.82) is 0 Å². The third-order valence-corrected chi connectivity index (χ3v) is 2.33. The van der Waals surface area contributed by atoms with E-state index in [0.717, 1.165) is 24.0 Å². The first-order chi connectivity index (χ1) is 8.95. The maximum atomic E-state index is 4.03. The van der Waals surface area contributed by atoms with Crippen LogP contribution in [0.25, 0.3) is 0 Å². The van der Waals surface area contributed by atoms with Gasteiger partial charge in [-0.25, -0.2) is 0 Å². The molecule has 4 nitrogen and oxygen atoms in total. The van der Waals surface area contributed by atoms with E-state index < -0.39 is 0 Å². The van der Waals surface area contributed by atoms with Crippen LogP contribution < -0.4 is 0 Å². The van der Waals surface area contributed by atoms with Crippen molar-refractivity contribution in [3.8, 4) is 0 Å². The molecule has 0 saturated heterocycles. The van der Waals surface area contributed by atoms with E-state index in [1.54, 1.807) is 24.8 Å². The van der Waals surface area contributed by atoms with Gasteiger partial charge in [-0.1, -0.05) is 12.1 Å². The molecule has 0 saturated carbocycles. The van der Waals surface area contributed by atoms with E-state index >= 15 is 0 Å². The van der Waals surface area contributed by atoms with Gasteiger partial charge < -0.3 is 0 Å². The fraction of sp³-hybridized carbons (Fsp3) is 0.143. The van der Waals surface area contributed by atoms with Crippen LogP contribution in [0, 0.1) is 0 Å². The number of rotatable bonds is 5. The van der Waals surface area contributed by atoms with Gasteiger partial charge in [0.05, 0.1) is 0 Å². The number of pyridine rings is 2. The highest BCUT2D eigenvalue weighted by molar-refractivity contribution is 5.64. The fourth-order valence-corrected chi connectivity index (χ4v) is 1.42. The second-order valence-corrected chi connectivity index (χ2v) is 3.73. The van der Waals surface area contributed by atoms with Crippen LogP contribution in [0.2, 0.25) is 0 Å². The van der Waals surface area contributed by atoms with E-state index in [1.807, 2.05) is 36.7 Å². The maximum Gasteiger partial charge on any atom is 0.0314 e. The monoisotopic (exact) mass is 238 g/mol. The molecule has 0 N–H and O–H groups in total. The van der Waals surface area contributed by atoms with Crippen LogP contribution in [0.15, 0.2) is 59.3 Å². The number of aromatic nitrogens is 2. The molecule has 0 aromatic carbocycles. The number of hydrogen-bond acceptors (Lipinski definition) is 4. The Hall–Kier alpha value is -2.36. The van der Waals surface area contributed by atoms with Gasteiger partial charge in [-0.15, -0.1) is 0 Å². The van der Waals surface area contributed by atoms with Crippen molar-refractivity contribution in [3.63, 3.8) is 0 Å². The first kappa shape index (κ1) is 12.1. The highest BCUT2D eigenvalue weighted by Crippen LogP contribution is 1.96. The van der Waals surface area contributed by atoms with E-state index in [0.29, 0.717) is 0 Å². The Morgan fingerprint density at radius 1 is 0.833 bits per heavy atom. The molecule has 90 valence electrons. The highest BCUT2D eigenvalue weighted by atomic mass is 15.2. The van der Waals surface area contributed by atoms with E-state index in [4.69, 9.17) is 0 Å². The van der Waals surface area contributed by atoms with Crippen molar-refractivity contribution in [2.75, 3.05) is 0 Å². The summed E-state index contributed by atoms with van der Waals surface area (Å²) in [5, 5.41) is 7.96. The summed E-state index contributed by atoms with van der Waals surface area (Å²) in [5.74, 6) is 0. The Bertz CT molecular complexity index is 456. The predicted octanol–water partition coefficient (Wildman–Crippen LogP) is 2.32. The van der Waals surface area contributed by atoms with Crippen molar-refractivity contribution >= 4 is 12.4 Å². The smallest absolute Gasteiger partial charge is 0.0314 e. The van der Waals surface area contributed by atoms with Gasteiger partial charge >= 0.3 is 0 Å². The average Bonchev–Trinajstić information content (AvgIpc) is 2.45. The van der Waals surface area contributed by atoms with Gasteiger partial charge in [-0.2, -0.15) is 10.2 Å². The van der Waals surface area contributed by atoms with Gasteiger partial charge in [0, 0.05) is 50.1 Å². The van der Waals surface area contributed by atoms with Crippen molar-refractivity contribution in [2.45, 2.75) is 12.8 Å². The molecular formula is C14H14N4. The molecule has 2 aromatic heterocycles. The summed E-state index contributed by atoms with van der Waals surface area (Å²) < 4.78 is 0. The molecule has 18 heavy (non-hydrogen) atoms. The lowest BCUT2D eigenvalue weighted by Gasteiger charge is -1.92. The van der Waals surface area contributed by atoms with E-state index in [9.17, 15) is 0 Å². The molecule has 0 aliphatic heterocycles. The minimum Gasteiger partial charge on any atom is -0.264 e. The van der Waals surface area contributed by atoms with Crippen molar-refractivity contribution < 1.29 is 0 Å². The molecule has 0 fully saturated rings. The van der Waals surface area contributed by atoms with Gasteiger partial charge in [0.2, 0.25) is 0 Å². The molecule has 0 bridgehead atoms. The van der Waals surface area contributed by atoms with E-state index in [-0.39, 0.29) is 0 Å². The van der Waals surface area contributed by atoms with Gasteiger partial charge in [0.1, 0.15) is 0 Å². The van der Waals surface area contributed by atoms with Crippen LogP contribution in [-0.2, 0) is 12.8 Å². The lowest BCUT2D eigenvalue weighted by atomic mass is 10.2. The fourth-order valence-electron chi connectivity index (χ4n) is 1.42. The maximum absolute atomic E-state index is 4.03. The second-order valence-electron chi connectivity index (χ2n) is 3.73. The quantitative estimate of drug-likeness (QED) is 0.593. The molecule has 0 aliphatic carbocycles. The molecule has 0 aliphatic rings. The van der Waals surface area contributed by atoms with Gasteiger partial charge in [0.15, 0.2) is 0 Å². The highest BCUT2D eigenvalue weighted by Gasteiger charge is 1.88. The van der Waals surface area contributed by atoms with Crippen LogP contribution >= 0.6 is 0 Å². The first-order valence-corrected chi connectivity index (χ1v) is 5.76. The van der Waals surface area contributed by atoms with Crippen LogP contribution in [-0.4, -0.2) is 22.4 Å². The molecule has 0 radical (unpaired) electrons. The number of nitrogens with zero attached hydrogens (tertiary/aromatic N) is 4. The zero-order chi connectivity index (χ0) is 12.5. The Morgan fingerprint density at radius 3 is 1.72 bits per heavy atom. The zero-order valence-electron chi connectivity index (χ0n) is 9.98. The first-order valence-electron chi connectivity index (χ1n) is 5.76. The SMILES string of the molecule is C(/Cc1cccnc1)=N/N=C\Cc1cccnc1. The van der Waals surface area contributed by atoms with Crippen molar-refractivity contribution in [2.24, 2.45) is 10.2 Å². The van der Waals surface area contributed by atoms with Gasteiger partial charge in [0.25, 0.3) is 0 Å². The Kier molecular flexibility index (Phi) is 4.75. The summed E-state index contributed by atoms with van der Waals surface area (Å²) in [6.07, 6.45) is 12.2. The minimum atomic E-state index is 0.748.